The largest absolute Gasteiger partial charge is 0.476 e. The molecule has 3 aliphatic rings. The number of aromatic amines is 2. The summed E-state index contributed by atoms with van der Waals surface area (Å²) in [5, 5.41) is 2.80. The zero-order valence-corrected chi connectivity index (χ0v) is 17.9. The first kappa shape index (κ1) is 20.3. The van der Waals surface area contributed by atoms with E-state index in [1.165, 1.54) is 0 Å². The fourth-order valence-electron chi connectivity index (χ4n) is 4.59. The molecular weight excluding hydrogens is 416 g/mol. The van der Waals surface area contributed by atoms with Crippen molar-refractivity contribution < 1.29 is 19.1 Å². The number of fused-ring (bicyclic) bond motifs is 2. The summed E-state index contributed by atoms with van der Waals surface area (Å²) in [6.45, 7) is 4.36. The molecule has 0 radical (unpaired) electrons. The van der Waals surface area contributed by atoms with E-state index < -0.39 is 22.5 Å². The van der Waals surface area contributed by atoms with Crippen molar-refractivity contribution in [2.24, 2.45) is 0 Å². The number of H-pyrrole nitrogens is 2. The van der Waals surface area contributed by atoms with Crippen molar-refractivity contribution >= 4 is 17.5 Å². The molecule has 10 nitrogen and oxygen atoms in total. The third-order valence-electron chi connectivity index (χ3n) is 6.39. The molecule has 1 saturated heterocycles. The van der Waals surface area contributed by atoms with E-state index in [1.54, 1.807) is 36.9 Å². The van der Waals surface area contributed by atoms with Crippen molar-refractivity contribution in [3.8, 4) is 11.6 Å². The Kier molecular flexibility index (Phi) is 4.44. The number of nitrogens with one attached hydrogen (secondary N) is 3. The number of anilines is 1. The van der Waals surface area contributed by atoms with E-state index in [0.29, 0.717) is 61.3 Å². The summed E-state index contributed by atoms with van der Waals surface area (Å²) in [7, 11) is 0. The number of amides is 2. The Hall–Kier alpha value is -3.56. The topological polar surface area (TPSA) is 134 Å². The van der Waals surface area contributed by atoms with Crippen molar-refractivity contribution in [1.29, 1.82) is 0 Å². The third kappa shape index (κ3) is 3.35. The van der Waals surface area contributed by atoms with E-state index in [4.69, 9.17) is 9.47 Å². The molecule has 4 heterocycles. The van der Waals surface area contributed by atoms with Crippen molar-refractivity contribution in [1.82, 2.24) is 14.9 Å². The van der Waals surface area contributed by atoms with Crippen LogP contribution in [0.2, 0.25) is 0 Å². The first-order chi connectivity index (χ1) is 15.2. The van der Waals surface area contributed by atoms with E-state index in [1.807, 2.05) is 0 Å². The summed E-state index contributed by atoms with van der Waals surface area (Å²) in [5.41, 5.74) is -1.23. The number of aromatic nitrogens is 2. The number of carbonyl (C=O) groups is 2. The Balaban J connectivity index is 1.33. The average molecular weight is 440 g/mol. The van der Waals surface area contributed by atoms with Gasteiger partial charge in [0.1, 0.15) is 11.4 Å². The van der Waals surface area contributed by atoms with Crippen LogP contribution in [0.15, 0.2) is 27.8 Å². The number of ether oxygens (including phenoxy) is 2. The fraction of sp³-hybridized carbons (Fsp3) is 0.455. The lowest BCUT2D eigenvalue weighted by atomic mass is 9.90. The first-order valence-corrected chi connectivity index (χ1v) is 10.6. The van der Waals surface area contributed by atoms with Gasteiger partial charge in [-0.15, -0.1) is 0 Å². The number of likely N-dealkylation sites (tertiary alicyclic amines) is 1. The Morgan fingerprint density at radius 3 is 2.69 bits per heavy atom. The van der Waals surface area contributed by atoms with E-state index in [9.17, 15) is 19.2 Å². The molecule has 0 unspecified atom stereocenters. The predicted octanol–water partition coefficient (Wildman–Crippen LogP) is 1.17. The maximum absolute atomic E-state index is 13.2. The standard InChI is InChI=1S/C22H24N4O6/c1-21(2)19(29)23-14-10-12(4-5-15(14)31-21)18(28)26-8-3-6-22(7-9-26)11-13-16(27)24-20(30)25-17(13)32-22/h4-5,10H,3,6-9,11H2,1-2H3,(H,23,29)(H2,24,25,27,30)/t22-/m0/s1. The van der Waals surface area contributed by atoms with Crippen LogP contribution in [0, 0.1) is 0 Å². The predicted molar refractivity (Wildman–Crippen MR) is 114 cm³/mol. The van der Waals surface area contributed by atoms with Gasteiger partial charge in [-0.1, -0.05) is 0 Å². The van der Waals surface area contributed by atoms with Crippen LogP contribution in [0.4, 0.5) is 5.69 Å². The van der Waals surface area contributed by atoms with Gasteiger partial charge in [0, 0.05) is 31.5 Å². The molecule has 0 saturated carbocycles. The van der Waals surface area contributed by atoms with Crippen molar-refractivity contribution in [2.45, 2.75) is 50.7 Å². The highest BCUT2D eigenvalue weighted by atomic mass is 16.5. The Bertz CT molecular complexity index is 1250. The molecule has 1 spiro atoms. The highest BCUT2D eigenvalue weighted by molar-refractivity contribution is 6.02. The molecule has 2 amide bonds. The third-order valence-corrected chi connectivity index (χ3v) is 6.39. The lowest BCUT2D eigenvalue weighted by Gasteiger charge is -2.32. The van der Waals surface area contributed by atoms with Crippen molar-refractivity contribution in [3.05, 3.63) is 50.2 Å². The summed E-state index contributed by atoms with van der Waals surface area (Å²) in [6, 6.07) is 5.03. The van der Waals surface area contributed by atoms with Gasteiger partial charge in [-0.25, -0.2) is 4.79 Å². The molecule has 3 aliphatic heterocycles. The van der Waals surface area contributed by atoms with Crippen LogP contribution >= 0.6 is 0 Å². The molecule has 32 heavy (non-hydrogen) atoms. The lowest BCUT2D eigenvalue weighted by molar-refractivity contribution is -0.129. The van der Waals surface area contributed by atoms with Gasteiger partial charge in [0.2, 0.25) is 5.88 Å². The quantitative estimate of drug-likeness (QED) is 0.610. The van der Waals surface area contributed by atoms with Crippen LogP contribution in [0.25, 0.3) is 0 Å². The van der Waals surface area contributed by atoms with Gasteiger partial charge in [-0.05, 0) is 44.9 Å². The number of rotatable bonds is 1. The Morgan fingerprint density at radius 2 is 1.88 bits per heavy atom. The summed E-state index contributed by atoms with van der Waals surface area (Å²) >= 11 is 0. The summed E-state index contributed by atoms with van der Waals surface area (Å²) in [6.07, 6.45) is 2.29. The van der Waals surface area contributed by atoms with Gasteiger partial charge in [-0.2, -0.15) is 0 Å². The number of nitrogens with zero attached hydrogens (tertiary/aromatic N) is 1. The number of hydrogen-bond donors (Lipinski definition) is 3. The SMILES string of the molecule is CC1(C)Oc2ccc(C(=O)N3CCC[C@]4(CC3)Cc3c([nH]c(=O)[nH]c3=O)O4)cc2NC1=O. The normalized spacial score (nSPS) is 23.4. The molecule has 1 atom stereocenters. The monoisotopic (exact) mass is 440 g/mol. The molecule has 0 bridgehead atoms. The minimum absolute atomic E-state index is 0.148. The van der Waals surface area contributed by atoms with Crippen LogP contribution in [0.1, 0.15) is 49.0 Å². The second kappa shape index (κ2) is 6.98. The van der Waals surface area contributed by atoms with Gasteiger partial charge >= 0.3 is 5.69 Å². The maximum Gasteiger partial charge on any atom is 0.328 e. The molecule has 2 aromatic rings. The number of hydrogen-bond acceptors (Lipinski definition) is 6. The molecule has 10 heteroatoms. The molecule has 5 rings (SSSR count). The molecular formula is C22H24N4O6. The van der Waals surface area contributed by atoms with Crippen LogP contribution < -0.4 is 26.0 Å². The second-order valence-corrected chi connectivity index (χ2v) is 9.10. The average Bonchev–Trinajstić information content (AvgIpc) is 2.96. The highest BCUT2D eigenvalue weighted by Gasteiger charge is 2.43. The molecule has 1 aromatic carbocycles. The van der Waals surface area contributed by atoms with E-state index in [0.717, 1.165) is 0 Å². The van der Waals surface area contributed by atoms with Crippen LogP contribution in [0.3, 0.4) is 0 Å². The van der Waals surface area contributed by atoms with E-state index >= 15 is 0 Å². The molecule has 3 N–H and O–H groups in total. The maximum atomic E-state index is 13.2. The second-order valence-electron chi connectivity index (χ2n) is 9.10. The highest BCUT2D eigenvalue weighted by Crippen LogP contribution is 2.38. The Labute approximate surface area is 182 Å². The summed E-state index contributed by atoms with van der Waals surface area (Å²) < 4.78 is 11.8. The molecule has 168 valence electrons. The van der Waals surface area contributed by atoms with Gasteiger partial charge in [-0.3, -0.25) is 24.4 Å². The number of benzene rings is 1. The molecule has 0 aliphatic carbocycles. The smallest absolute Gasteiger partial charge is 0.328 e. The summed E-state index contributed by atoms with van der Waals surface area (Å²) in [5.74, 6) is 0.340. The molecule has 1 fully saturated rings. The molecule has 1 aromatic heterocycles. The summed E-state index contributed by atoms with van der Waals surface area (Å²) in [4.78, 5) is 55.6. The van der Waals surface area contributed by atoms with Gasteiger partial charge in [0.15, 0.2) is 5.60 Å². The van der Waals surface area contributed by atoms with Crippen LogP contribution in [-0.2, 0) is 11.2 Å². The zero-order chi connectivity index (χ0) is 22.7. The first-order valence-electron chi connectivity index (χ1n) is 10.6. The minimum Gasteiger partial charge on any atom is -0.476 e. The zero-order valence-electron chi connectivity index (χ0n) is 17.9. The van der Waals surface area contributed by atoms with E-state index in [-0.39, 0.29) is 17.7 Å². The van der Waals surface area contributed by atoms with Gasteiger partial charge in [0.25, 0.3) is 17.4 Å². The fourth-order valence-corrected chi connectivity index (χ4v) is 4.59. The van der Waals surface area contributed by atoms with Gasteiger partial charge < -0.3 is 19.7 Å². The lowest BCUT2D eigenvalue weighted by Crippen LogP contribution is -2.45. The van der Waals surface area contributed by atoms with Gasteiger partial charge in [0.05, 0.1) is 11.3 Å². The van der Waals surface area contributed by atoms with Crippen LogP contribution in [-0.4, -0.2) is 51.0 Å². The number of carbonyl (C=O) groups excluding carboxylic acids is 2. The van der Waals surface area contributed by atoms with Crippen molar-refractivity contribution in [3.63, 3.8) is 0 Å². The van der Waals surface area contributed by atoms with Crippen LogP contribution in [0.5, 0.6) is 11.6 Å². The minimum atomic E-state index is -0.970. The van der Waals surface area contributed by atoms with Crippen molar-refractivity contribution in [2.75, 3.05) is 18.4 Å². The Morgan fingerprint density at radius 1 is 1.06 bits per heavy atom. The van der Waals surface area contributed by atoms with E-state index in [2.05, 4.69) is 15.3 Å².